The molecule has 162 valence electrons. The van der Waals surface area contributed by atoms with Gasteiger partial charge in [0.1, 0.15) is 16.9 Å². The minimum absolute atomic E-state index is 0.139. The number of amides is 1. The maximum atomic E-state index is 13.2. The molecular weight excluding hydrogens is 370 g/mol. The Morgan fingerprint density at radius 3 is 2.41 bits per heavy atom. The lowest BCUT2D eigenvalue weighted by Gasteiger charge is -2.31. The van der Waals surface area contributed by atoms with Gasteiger partial charge in [-0.25, -0.2) is 4.79 Å². The molecule has 0 aliphatic heterocycles. The maximum Gasteiger partial charge on any atom is 0.341 e. The number of anilines is 1. The van der Waals surface area contributed by atoms with E-state index in [1.165, 1.54) is 7.11 Å². The molecule has 1 fully saturated rings. The van der Waals surface area contributed by atoms with Crippen LogP contribution in [0.1, 0.15) is 76.1 Å². The van der Waals surface area contributed by atoms with Crippen molar-refractivity contribution in [2.75, 3.05) is 25.6 Å². The van der Waals surface area contributed by atoms with Gasteiger partial charge in [-0.2, -0.15) is 0 Å². The molecule has 0 heterocycles. The van der Waals surface area contributed by atoms with E-state index < -0.39 is 11.6 Å². The summed E-state index contributed by atoms with van der Waals surface area (Å²) in [6.45, 7) is 7.16. The summed E-state index contributed by atoms with van der Waals surface area (Å²) in [7, 11) is 1.33. The molecule has 0 bridgehead atoms. The van der Waals surface area contributed by atoms with E-state index in [9.17, 15) is 9.59 Å². The first-order valence-corrected chi connectivity index (χ1v) is 10.7. The molecule has 2 rings (SSSR count). The molecule has 1 aromatic carbocycles. The molecule has 0 radical (unpaired) electrons. The number of rotatable bonds is 9. The molecule has 1 saturated carbocycles. The average molecular weight is 406 g/mol. The Morgan fingerprint density at radius 1 is 1.14 bits per heavy atom. The summed E-state index contributed by atoms with van der Waals surface area (Å²) in [4.78, 5) is 25.4. The molecule has 1 aliphatic carbocycles. The Labute approximate surface area is 174 Å². The zero-order valence-electron chi connectivity index (χ0n) is 18.2. The number of nitrogens with one attached hydrogen (secondary N) is 1. The Hall–Kier alpha value is -2.08. The monoisotopic (exact) mass is 405 g/mol. The van der Waals surface area contributed by atoms with Crippen molar-refractivity contribution in [3.05, 3.63) is 23.8 Å². The first kappa shape index (κ1) is 23.2. The predicted molar refractivity (Wildman–Crippen MR) is 113 cm³/mol. The molecule has 6 heteroatoms. The van der Waals surface area contributed by atoms with Crippen LogP contribution in [0.3, 0.4) is 0 Å². The number of carbonyl (C=O) groups is 2. The summed E-state index contributed by atoms with van der Waals surface area (Å²) in [5.74, 6) is 0.145. The molecule has 0 spiro atoms. The van der Waals surface area contributed by atoms with Crippen molar-refractivity contribution < 1.29 is 23.8 Å². The molecular formula is C23H35NO5. The van der Waals surface area contributed by atoms with Crippen LogP contribution in [0, 0.1) is 5.92 Å². The van der Waals surface area contributed by atoms with Gasteiger partial charge in [-0.05, 0) is 43.4 Å². The second kappa shape index (κ2) is 11.2. The van der Waals surface area contributed by atoms with Crippen molar-refractivity contribution in [2.24, 2.45) is 5.92 Å². The summed E-state index contributed by atoms with van der Waals surface area (Å²) in [5.41, 5.74) is 0.0384. The number of benzene rings is 1. The third-order valence-electron chi connectivity index (χ3n) is 5.12. The van der Waals surface area contributed by atoms with Crippen LogP contribution in [0.2, 0.25) is 0 Å². The smallest absolute Gasteiger partial charge is 0.341 e. The Bertz CT molecular complexity index is 678. The Kier molecular flexibility index (Phi) is 8.96. The van der Waals surface area contributed by atoms with E-state index >= 15 is 0 Å². The first-order chi connectivity index (χ1) is 13.9. The summed E-state index contributed by atoms with van der Waals surface area (Å²) in [6.07, 6.45) is 6.51. The normalized spacial score (nSPS) is 16.2. The van der Waals surface area contributed by atoms with Crippen molar-refractivity contribution in [1.82, 2.24) is 0 Å². The molecule has 0 unspecified atom stereocenters. The fourth-order valence-corrected chi connectivity index (χ4v) is 3.54. The van der Waals surface area contributed by atoms with Gasteiger partial charge in [0.2, 0.25) is 0 Å². The van der Waals surface area contributed by atoms with E-state index in [4.69, 9.17) is 14.2 Å². The van der Waals surface area contributed by atoms with Crippen molar-refractivity contribution in [2.45, 2.75) is 71.3 Å². The van der Waals surface area contributed by atoms with E-state index in [1.54, 1.807) is 18.2 Å². The van der Waals surface area contributed by atoms with Gasteiger partial charge in [0.15, 0.2) is 0 Å². The molecule has 1 aliphatic rings. The van der Waals surface area contributed by atoms with Crippen LogP contribution >= 0.6 is 0 Å². The van der Waals surface area contributed by atoms with Gasteiger partial charge < -0.3 is 19.5 Å². The number of hydrogen-bond acceptors (Lipinski definition) is 5. The lowest BCUT2D eigenvalue weighted by molar-refractivity contribution is -0.143. The summed E-state index contributed by atoms with van der Waals surface area (Å²) in [5, 5.41) is 2.97. The van der Waals surface area contributed by atoms with E-state index in [1.807, 2.05) is 20.8 Å². The van der Waals surface area contributed by atoms with Crippen LogP contribution in [-0.2, 0) is 14.3 Å². The van der Waals surface area contributed by atoms with Gasteiger partial charge in [-0.1, -0.05) is 46.5 Å². The molecule has 1 amide bonds. The highest BCUT2D eigenvalue weighted by Gasteiger charge is 2.39. The van der Waals surface area contributed by atoms with Gasteiger partial charge in [0, 0.05) is 12.3 Å². The summed E-state index contributed by atoms with van der Waals surface area (Å²) in [6, 6.07) is 5.07. The van der Waals surface area contributed by atoms with Gasteiger partial charge in [0.25, 0.3) is 5.91 Å². The van der Waals surface area contributed by atoms with Crippen molar-refractivity contribution >= 4 is 17.6 Å². The van der Waals surface area contributed by atoms with Gasteiger partial charge >= 0.3 is 5.97 Å². The molecule has 29 heavy (non-hydrogen) atoms. The lowest BCUT2D eigenvalue weighted by atomic mass is 9.92. The van der Waals surface area contributed by atoms with E-state index in [-0.39, 0.29) is 5.91 Å². The van der Waals surface area contributed by atoms with Gasteiger partial charge in [-0.15, -0.1) is 0 Å². The van der Waals surface area contributed by atoms with Crippen molar-refractivity contribution in [1.29, 1.82) is 0 Å². The molecule has 1 aromatic rings. The molecule has 1 N–H and O–H groups in total. The largest absolute Gasteiger partial charge is 0.492 e. The SMILES string of the molecule is CCCOC1(C(=O)Nc2ccc(OCC(C)C)c(C(=O)OC)c2)CCCCCC1. The van der Waals surface area contributed by atoms with Crippen LogP contribution < -0.4 is 10.1 Å². The first-order valence-electron chi connectivity index (χ1n) is 10.7. The van der Waals surface area contributed by atoms with Gasteiger partial charge in [0.05, 0.1) is 13.7 Å². The highest BCUT2D eigenvalue weighted by molar-refractivity contribution is 5.99. The number of methoxy groups -OCH3 is 1. The highest BCUT2D eigenvalue weighted by Crippen LogP contribution is 2.33. The number of hydrogen-bond donors (Lipinski definition) is 1. The molecule has 6 nitrogen and oxygen atoms in total. The fraction of sp³-hybridized carbons (Fsp3) is 0.652. The molecule has 0 aromatic heterocycles. The highest BCUT2D eigenvalue weighted by atomic mass is 16.5. The Balaban J connectivity index is 2.23. The van der Waals surface area contributed by atoms with Gasteiger partial charge in [-0.3, -0.25) is 4.79 Å². The van der Waals surface area contributed by atoms with Crippen molar-refractivity contribution in [3.63, 3.8) is 0 Å². The Morgan fingerprint density at radius 2 is 1.83 bits per heavy atom. The van der Waals surface area contributed by atoms with E-state index in [0.29, 0.717) is 36.1 Å². The second-order valence-corrected chi connectivity index (χ2v) is 8.12. The third kappa shape index (κ3) is 6.46. The van der Waals surface area contributed by atoms with Crippen LogP contribution in [-0.4, -0.2) is 37.8 Å². The quantitative estimate of drug-likeness (QED) is 0.464. The van der Waals surface area contributed by atoms with Crippen molar-refractivity contribution in [3.8, 4) is 5.75 Å². The minimum Gasteiger partial charge on any atom is -0.492 e. The lowest BCUT2D eigenvalue weighted by Crippen LogP contribution is -2.45. The molecule has 0 saturated heterocycles. The zero-order chi connectivity index (χ0) is 21.3. The van der Waals surface area contributed by atoms with Crippen LogP contribution in [0.5, 0.6) is 5.75 Å². The topological polar surface area (TPSA) is 73.9 Å². The summed E-state index contributed by atoms with van der Waals surface area (Å²) >= 11 is 0. The number of esters is 1. The zero-order valence-corrected chi connectivity index (χ0v) is 18.2. The predicted octanol–water partition coefficient (Wildman–Crippen LogP) is 4.97. The van der Waals surface area contributed by atoms with Crippen LogP contribution in [0.25, 0.3) is 0 Å². The summed E-state index contributed by atoms with van der Waals surface area (Å²) < 4.78 is 16.7. The number of carbonyl (C=O) groups excluding carboxylic acids is 2. The average Bonchev–Trinajstić information content (AvgIpc) is 2.97. The van der Waals surface area contributed by atoms with Crippen LogP contribution in [0.15, 0.2) is 18.2 Å². The fourth-order valence-electron chi connectivity index (χ4n) is 3.54. The third-order valence-corrected chi connectivity index (χ3v) is 5.12. The standard InChI is InChI=1S/C23H35NO5/c1-5-14-29-23(12-8-6-7-9-13-23)22(26)24-18-10-11-20(28-16-17(2)3)19(15-18)21(25)27-4/h10-11,15,17H,5-9,12-14,16H2,1-4H3,(H,24,26). The number of ether oxygens (including phenoxy) is 3. The van der Waals surface area contributed by atoms with E-state index in [2.05, 4.69) is 5.32 Å². The maximum absolute atomic E-state index is 13.2. The second-order valence-electron chi connectivity index (χ2n) is 8.12. The molecule has 0 atom stereocenters. The van der Waals surface area contributed by atoms with E-state index in [0.717, 1.165) is 44.9 Å². The minimum atomic E-state index is -0.801. The van der Waals surface area contributed by atoms with Crippen LogP contribution in [0.4, 0.5) is 5.69 Å².